The van der Waals surface area contributed by atoms with Crippen LogP contribution in [0.1, 0.15) is 15.8 Å². The molecule has 0 bridgehead atoms. The van der Waals surface area contributed by atoms with Gasteiger partial charge in [0.25, 0.3) is 0 Å². The molecule has 2 heterocycles. The summed E-state index contributed by atoms with van der Waals surface area (Å²) in [4.78, 5) is 2.40. The molecule has 3 aromatic rings. The Balaban J connectivity index is 1.92. The van der Waals surface area contributed by atoms with E-state index in [1.165, 1.54) is 9.75 Å². The highest BCUT2D eigenvalue weighted by Gasteiger charge is 2.17. The van der Waals surface area contributed by atoms with E-state index in [-0.39, 0.29) is 11.8 Å². The molecular weight excluding hydrogens is 310 g/mol. The van der Waals surface area contributed by atoms with Crippen LogP contribution in [0.15, 0.2) is 53.9 Å². The lowest BCUT2D eigenvalue weighted by Gasteiger charge is -2.17. The van der Waals surface area contributed by atoms with Gasteiger partial charge < -0.3 is 10.4 Å². The third-order valence-corrected chi connectivity index (χ3v) is 5.12. The molecule has 1 unspecified atom stereocenters. The summed E-state index contributed by atoms with van der Waals surface area (Å²) in [7, 11) is 0. The largest absolute Gasteiger partial charge is 0.508 e. The van der Waals surface area contributed by atoms with Gasteiger partial charge in [0.1, 0.15) is 5.75 Å². The first-order valence-electron chi connectivity index (χ1n) is 6.06. The number of hydrogen-bond acceptors (Lipinski definition) is 4. The van der Waals surface area contributed by atoms with Crippen LogP contribution in [0.25, 0.3) is 0 Å². The Bertz CT molecular complexity index is 676. The monoisotopic (exact) mass is 321 g/mol. The molecule has 0 fully saturated rings. The standard InChI is InChI=1S/C15H12ClNOS2/c16-14-8-7-13(20-14)15(12-2-1-9-19-12)17-10-3-5-11(18)6-4-10/h1-9,15,17-18H. The Morgan fingerprint density at radius 2 is 1.80 bits per heavy atom. The van der Waals surface area contributed by atoms with E-state index >= 15 is 0 Å². The maximum absolute atomic E-state index is 9.35. The number of hydrogen-bond donors (Lipinski definition) is 2. The Morgan fingerprint density at radius 3 is 2.40 bits per heavy atom. The van der Waals surface area contributed by atoms with Crippen molar-refractivity contribution in [2.45, 2.75) is 6.04 Å². The fraction of sp³-hybridized carbons (Fsp3) is 0.0667. The Morgan fingerprint density at radius 1 is 1.00 bits per heavy atom. The van der Waals surface area contributed by atoms with Gasteiger partial charge in [-0.25, -0.2) is 0 Å². The number of benzene rings is 1. The first-order chi connectivity index (χ1) is 9.72. The fourth-order valence-electron chi connectivity index (χ4n) is 1.95. The molecule has 20 heavy (non-hydrogen) atoms. The van der Waals surface area contributed by atoms with Gasteiger partial charge in [0.15, 0.2) is 0 Å². The minimum atomic E-state index is 0.0806. The van der Waals surface area contributed by atoms with Crippen molar-refractivity contribution < 1.29 is 5.11 Å². The molecule has 5 heteroatoms. The van der Waals surface area contributed by atoms with Gasteiger partial charge in [-0.05, 0) is 47.8 Å². The molecule has 2 aromatic heterocycles. The van der Waals surface area contributed by atoms with Gasteiger partial charge in [0.2, 0.25) is 0 Å². The molecule has 1 atom stereocenters. The molecule has 0 saturated heterocycles. The second kappa shape index (κ2) is 5.87. The van der Waals surface area contributed by atoms with E-state index < -0.39 is 0 Å². The van der Waals surface area contributed by atoms with Crippen molar-refractivity contribution in [3.8, 4) is 5.75 Å². The maximum atomic E-state index is 9.35. The molecule has 0 amide bonds. The molecular formula is C15H12ClNOS2. The Hall–Kier alpha value is -1.49. The van der Waals surface area contributed by atoms with Crippen LogP contribution in [-0.2, 0) is 0 Å². The number of phenolic OH excluding ortho intramolecular Hbond substituents is 1. The number of rotatable bonds is 4. The van der Waals surface area contributed by atoms with Gasteiger partial charge in [-0.3, -0.25) is 0 Å². The van der Waals surface area contributed by atoms with E-state index in [1.54, 1.807) is 34.8 Å². The average Bonchev–Trinajstić information content (AvgIpc) is 3.09. The van der Waals surface area contributed by atoms with Crippen LogP contribution in [-0.4, -0.2) is 5.11 Å². The summed E-state index contributed by atoms with van der Waals surface area (Å²) >= 11 is 9.34. The van der Waals surface area contributed by atoms with Crippen LogP contribution in [0.5, 0.6) is 5.75 Å². The zero-order valence-electron chi connectivity index (χ0n) is 10.4. The van der Waals surface area contributed by atoms with Crippen molar-refractivity contribution in [3.63, 3.8) is 0 Å². The van der Waals surface area contributed by atoms with Gasteiger partial charge in [-0.2, -0.15) is 0 Å². The highest BCUT2D eigenvalue weighted by atomic mass is 35.5. The van der Waals surface area contributed by atoms with Crippen LogP contribution in [0.4, 0.5) is 5.69 Å². The molecule has 2 nitrogen and oxygen atoms in total. The summed E-state index contributed by atoms with van der Waals surface area (Å²) < 4.78 is 0.786. The lowest BCUT2D eigenvalue weighted by atomic mass is 10.2. The van der Waals surface area contributed by atoms with Crippen molar-refractivity contribution >= 4 is 40.0 Å². The van der Waals surface area contributed by atoms with Gasteiger partial charge in [0, 0.05) is 15.4 Å². The Kier molecular flexibility index (Phi) is 3.96. The molecule has 0 spiro atoms. The lowest BCUT2D eigenvalue weighted by Crippen LogP contribution is -2.09. The summed E-state index contributed by atoms with van der Waals surface area (Å²) in [6.07, 6.45) is 0. The molecule has 0 aliphatic rings. The topological polar surface area (TPSA) is 32.3 Å². The molecule has 0 saturated carbocycles. The quantitative estimate of drug-likeness (QED) is 0.633. The summed E-state index contributed by atoms with van der Waals surface area (Å²) in [6, 6.07) is 15.3. The highest BCUT2D eigenvalue weighted by molar-refractivity contribution is 7.16. The Labute approximate surface area is 130 Å². The number of nitrogens with one attached hydrogen (secondary N) is 1. The molecule has 0 aliphatic heterocycles. The SMILES string of the molecule is Oc1ccc(NC(c2cccs2)c2ccc(Cl)s2)cc1. The van der Waals surface area contributed by atoms with Crippen LogP contribution < -0.4 is 5.32 Å². The normalized spacial score (nSPS) is 12.2. The fourth-order valence-corrected chi connectivity index (χ4v) is 3.95. The summed E-state index contributed by atoms with van der Waals surface area (Å²) in [5.41, 5.74) is 0.964. The van der Waals surface area contributed by atoms with E-state index in [0.717, 1.165) is 10.0 Å². The van der Waals surface area contributed by atoms with Crippen LogP contribution in [0, 0.1) is 0 Å². The van der Waals surface area contributed by atoms with Crippen molar-refractivity contribution in [2.24, 2.45) is 0 Å². The molecule has 102 valence electrons. The number of anilines is 1. The predicted molar refractivity (Wildman–Crippen MR) is 87.2 cm³/mol. The predicted octanol–water partition coefficient (Wildman–Crippen LogP) is 5.37. The van der Waals surface area contributed by atoms with E-state index in [0.29, 0.717) is 0 Å². The van der Waals surface area contributed by atoms with Crippen molar-refractivity contribution in [3.05, 3.63) is 68.0 Å². The number of halogens is 1. The van der Waals surface area contributed by atoms with Crippen molar-refractivity contribution in [2.75, 3.05) is 5.32 Å². The van der Waals surface area contributed by atoms with E-state index in [1.807, 2.05) is 30.3 Å². The molecule has 2 N–H and O–H groups in total. The second-order valence-corrected chi connectivity index (χ2v) is 7.01. The van der Waals surface area contributed by atoms with Crippen molar-refractivity contribution in [1.82, 2.24) is 0 Å². The maximum Gasteiger partial charge on any atom is 0.115 e. The van der Waals surface area contributed by atoms with Crippen LogP contribution >= 0.6 is 34.3 Å². The van der Waals surface area contributed by atoms with Gasteiger partial charge in [-0.1, -0.05) is 17.7 Å². The molecule has 0 radical (unpaired) electrons. The van der Waals surface area contributed by atoms with E-state index in [2.05, 4.69) is 16.8 Å². The van der Waals surface area contributed by atoms with Crippen LogP contribution in [0.3, 0.4) is 0 Å². The highest BCUT2D eigenvalue weighted by Crippen LogP contribution is 2.35. The molecule has 3 rings (SSSR count). The first-order valence-corrected chi connectivity index (χ1v) is 8.14. The summed E-state index contributed by atoms with van der Waals surface area (Å²) in [5.74, 6) is 0.266. The number of phenols is 1. The third kappa shape index (κ3) is 2.98. The molecule has 1 aromatic carbocycles. The minimum absolute atomic E-state index is 0.0806. The smallest absolute Gasteiger partial charge is 0.115 e. The van der Waals surface area contributed by atoms with Crippen LogP contribution in [0.2, 0.25) is 4.34 Å². The zero-order chi connectivity index (χ0) is 13.9. The second-order valence-electron chi connectivity index (χ2n) is 4.28. The summed E-state index contributed by atoms with van der Waals surface area (Å²) in [5, 5.41) is 14.9. The van der Waals surface area contributed by atoms with Gasteiger partial charge >= 0.3 is 0 Å². The number of aromatic hydroxyl groups is 1. The van der Waals surface area contributed by atoms with E-state index in [4.69, 9.17) is 11.6 Å². The lowest BCUT2D eigenvalue weighted by molar-refractivity contribution is 0.475. The first kappa shape index (κ1) is 13.5. The van der Waals surface area contributed by atoms with Gasteiger partial charge in [-0.15, -0.1) is 22.7 Å². The van der Waals surface area contributed by atoms with E-state index in [9.17, 15) is 5.11 Å². The zero-order valence-corrected chi connectivity index (χ0v) is 12.8. The van der Waals surface area contributed by atoms with Gasteiger partial charge in [0.05, 0.1) is 10.4 Å². The molecule has 0 aliphatic carbocycles. The average molecular weight is 322 g/mol. The number of thiophene rings is 2. The third-order valence-electron chi connectivity index (χ3n) is 2.88. The summed E-state index contributed by atoms with van der Waals surface area (Å²) in [6.45, 7) is 0. The minimum Gasteiger partial charge on any atom is -0.508 e. The van der Waals surface area contributed by atoms with Crippen molar-refractivity contribution in [1.29, 1.82) is 0 Å².